The summed E-state index contributed by atoms with van der Waals surface area (Å²) in [6.07, 6.45) is 0. The third-order valence-corrected chi connectivity index (χ3v) is 4.21. The molecule has 0 fully saturated rings. The molecule has 0 unspecified atom stereocenters. The summed E-state index contributed by atoms with van der Waals surface area (Å²) in [6, 6.07) is 16.2. The summed E-state index contributed by atoms with van der Waals surface area (Å²) in [5.41, 5.74) is 3.56. The number of nitro groups is 1. The normalized spacial score (nSPS) is 14.0. The molecule has 1 N–H and O–H groups in total. The number of benzene rings is 3. The quantitative estimate of drug-likeness (QED) is 0.582. The van der Waals surface area contributed by atoms with E-state index in [1.54, 1.807) is 18.2 Å². The molecule has 126 valence electrons. The summed E-state index contributed by atoms with van der Waals surface area (Å²) < 4.78 is 0. The van der Waals surface area contributed by atoms with Crippen LogP contribution in [0.5, 0.6) is 0 Å². The Balaban J connectivity index is 1.67. The minimum Gasteiger partial charge on any atom is -0.287 e. The molecule has 1 amide bonds. The van der Waals surface area contributed by atoms with E-state index in [0.29, 0.717) is 11.1 Å². The molecule has 0 heterocycles. The van der Waals surface area contributed by atoms with E-state index in [0.717, 1.165) is 16.8 Å². The highest BCUT2D eigenvalue weighted by Crippen LogP contribution is 2.30. The van der Waals surface area contributed by atoms with Crippen LogP contribution in [-0.2, 0) is 0 Å². The van der Waals surface area contributed by atoms with Gasteiger partial charge in [-0.25, -0.2) is 5.43 Å². The summed E-state index contributed by atoms with van der Waals surface area (Å²) >= 11 is 0. The van der Waals surface area contributed by atoms with Gasteiger partial charge in [0.25, 0.3) is 11.6 Å². The fourth-order valence-corrected chi connectivity index (χ4v) is 3.02. The Morgan fingerprint density at radius 1 is 1.00 bits per heavy atom. The molecule has 7 heteroatoms. The second-order valence-electron chi connectivity index (χ2n) is 5.75. The Morgan fingerprint density at radius 2 is 1.69 bits per heavy atom. The highest BCUT2D eigenvalue weighted by molar-refractivity contribution is 6.59. The maximum Gasteiger partial charge on any atom is 0.271 e. The fraction of sp³-hybridized carbons (Fsp3) is 0. The van der Waals surface area contributed by atoms with Gasteiger partial charge < -0.3 is 0 Å². The number of amides is 1. The lowest BCUT2D eigenvalue weighted by molar-refractivity contribution is -0.384. The van der Waals surface area contributed by atoms with Crippen molar-refractivity contribution in [2.45, 2.75) is 0 Å². The number of non-ortho nitro benzene ring substituents is 1. The van der Waals surface area contributed by atoms with Crippen molar-refractivity contribution >= 4 is 33.9 Å². The smallest absolute Gasteiger partial charge is 0.271 e. The van der Waals surface area contributed by atoms with Crippen molar-refractivity contribution in [3.05, 3.63) is 87.5 Å². The first-order chi connectivity index (χ1) is 12.6. The fourth-order valence-electron chi connectivity index (χ4n) is 3.02. The average molecular weight is 345 g/mol. The Kier molecular flexibility index (Phi) is 3.54. The Hall–Kier alpha value is -3.87. The van der Waals surface area contributed by atoms with Crippen LogP contribution in [0.15, 0.2) is 65.8 Å². The molecular weight excluding hydrogens is 334 g/mol. The zero-order valence-electron chi connectivity index (χ0n) is 13.3. The van der Waals surface area contributed by atoms with E-state index in [2.05, 4.69) is 10.5 Å². The van der Waals surface area contributed by atoms with Crippen molar-refractivity contribution in [1.29, 1.82) is 0 Å². The first kappa shape index (κ1) is 15.6. The number of nitrogens with zero attached hydrogens (tertiary/aromatic N) is 2. The molecule has 26 heavy (non-hydrogen) atoms. The minimum absolute atomic E-state index is 0.0877. The van der Waals surface area contributed by atoms with Crippen LogP contribution in [0.3, 0.4) is 0 Å². The Bertz CT molecular complexity index is 1130. The van der Waals surface area contributed by atoms with Crippen LogP contribution in [0.1, 0.15) is 26.3 Å². The maximum atomic E-state index is 12.6. The number of nitrogens with one attached hydrogen (secondary N) is 1. The molecule has 4 rings (SSSR count). The van der Waals surface area contributed by atoms with Crippen LogP contribution in [0.25, 0.3) is 10.8 Å². The number of carbonyl (C=O) groups is 2. The molecule has 3 aromatic carbocycles. The lowest BCUT2D eigenvalue weighted by Gasteiger charge is -2.02. The van der Waals surface area contributed by atoms with Crippen molar-refractivity contribution in [3.63, 3.8) is 0 Å². The monoisotopic (exact) mass is 345 g/mol. The lowest BCUT2D eigenvalue weighted by Crippen LogP contribution is -2.22. The van der Waals surface area contributed by atoms with E-state index in [1.807, 2.05) is 18.2 Å². The Morgan fingerprint density at radius 3 is 2.42 bits per heavy atom. The number of hydrazone groups is 1. The van der Waals surface area contributed by atoms with Crippen LogP contribution in [0.2, 0.25) is 0 Å². The number of hydrogen-bond acceptors (Lipinski definition) is 5. The van der Waals surface area contributed by atoms with Gasteiger partial charge in [0, 0.05) is 34.2 Å². The van der Waals surface area contributed by atoms with Gasteiger partial charge >= 0.3 is 0 Å². The predicted molar refractivity (Wildman–Crippen MR) is 95.4 cm³/mol. The molecule has 0 radical (unpaired) electrons. The summed E-state index contributed by atoms with van der Waals surface area (Å²) in [5, 5.41) is 16.5. The summed E-state index contributed by atoms with van der Waals surface area (Å²) in [6.45, 7) is 0. The number of rotatable bonds is 3. The maximum absolute atomic E-state index is 12.6. The minimum atomic E-state index is -0.628. The van der Waals surface area contributed by atoms with Crippen LogP contribution in [-0.4, -0.2) is 22.3 Å². The zero-order valence-corrected chi connectivity index (χ0v) is 13.3. The molecule has 0 aliphatic heterocycles. The summed E-state index contributed by atoms with van der Waals surface area (Å²) in [7, 11) is 0. The van der Waals surface area contributed by atoms with Crippen molar-refractivity contribution in [1.82, 2.24) is 5.43 Å². The SMILES string of the molecule is O=C(N/N=C1/C(=O)c2cccc3cccc1c23)c1cccc([N+](=O)[O-])c1. The number of nitro benzene ring substituents is 1. The van der Waals surface area contributed by atoms with Crippen LogP contribution in [0.4, 0.5) is 5.69 Å². The van der Waals surface area contributed by atoms with Crippen LogP contribution in [0, 0.1) is 10.1 Å². The molecule has 0 spiro atoms. The highest BCUT2D eigenvalue weighted by Gasteiger charge is 2.29. The van der Waals surface area contributed by atoms with Gasteiger partial charge in [-0.05, 0) is 11.5 Å². The first-order valence-electron chi connectivity index (χ1n) is 7.75. The third-order valence-electron chi connectivity index (χ3n) is 4.21. The first-order valence-corrected chi connectivity index (χ1v) is 7.75. The molecule has 0 saturated carbocycles. The standard InChI is InChI=1S/C19H11N3O4/c23-18-15-9-3-5-11-4-2-8-14(16(11)15)17(18)20-21-19(24)12-6-1-7-13(10-12)22(25)26/h1-10H,(H,21,24)/b20-17+. The van der Waals surface area contributed by atoms with Gasteiger partial charge in [-0.15, -0.1) is 0 Å². The van der Waals surface area contributed by atoms with Crippen molar-refractivity contribution in [3.8, 4) is 0 Å². The molecule has 0 saturated heterocycles. The number of Topliss-reactive ketones (excluding diaryl/α,β-unsaturated/α-hetero) is 1. The van der Waals surface area contributed by atoms with Crippen LogP contribution < -0.4 is 5.43 Å². The molecule has 1 aliphatic rings. The van der Waals surface area contributed by atoms with Gasteiger partial charge in [0.05, 0.1) is 4.92 Å². The van der Waals surface area contributed by atoms with Gasteiger partial charge in [-0.2, -0.15) is 5.10 Å². The molecule has 0 bridgehead atoms. The van der Waals surface area contributed by atoms with Gasteiger partial charge in [-0.1, -0.05) is 42.5 Å². The predicted octanol–water partition coefficient (Wildman–Crippen LogP) is 3.08. The van der Waals surface area contributed by atoms with Gasteiger partial charge in [-0.3, -0.25) is 19.7 Å². The zero-order chi connectivity index (χ0) is 18.3. The van der Waals surface area contributed by atoms with Gasteiger partial charge in [0.15, 0.2) is 0 Å². The van der Waals surface area contributed by atoms with Crippen molar-refractivity contribution in [2.75, 3.05) is 0 Å². The van der Waals surface area contributed by atoms with Crippen molar-refractivity contribution in [2.24, 2.45) is 5.10 Å². The van der Waals surface area contributed by atoms with E-state index in [4.69, 9.17) is 0 Å². The van der Waals surface area contributed by atoms with E-state index in [9.17, 15) is 19.7 Å². The number of hydrogen-bond donors (Lipinski definition) is 1. The molecular formula is C19H11N3O4. The van der Waals surface area contributed by atoms with Gasteiger partial charge in [0.1, 0.15) is 5.71 Å². The van der Waals surface area contributed by atoms with Crippen molar-refractivity contribution < 1.29 is 14.5 Å². The number of carbonyl (C=O) groups excluding carboxylic acids is 2. The molecule has 3 aromatic rings. The average Bonchev–Trinajstić information content (AvgIpc) is 2.94. The van der Waals surface area contributed by atoms with Gasteiger partial charge in [0.2, 0.25) is 5.78 Å². The molecule has 0 aromatic heterocycles. The summed E-state index contributed by atoms with van der Waals surface area (Å²) in [4.78, 5) is 35.1. The topological polar surface area (TPSA) is 102 Å². The third kappa shape index (κ3) is 2.42. The molecule has 0 atom stereocenters. The lowest BCUT2D eigenvalue weighted by atomic mass is 10.1. The molecule has 1 aliphatic carbocycles. The Labute approximate surface area is 147 Å². The van der Waals surface area contributed by atoms with E-state index in [1.165, 1.54) is 18.2 Å². The second kappa shape index (κ2) is 5.89. The summed E-state index contributed by atoms with van der Waals surface area (Å²) in [5.74, 6) is -0.895. The number of ketones is 1. The second-order valence-corrected chi connectivity index (χ2v) is 5.75. The van der Waals surface area contributed by atoms with E-state index < -0.39 is 10.8 Å². The highest BCUT2D eigenvalue weighted by atomic mass is 16.6. The largest absolute Gasteiger partial charge is 0.287 e. The van der Waals surface area contributed by atoms with E-state index in [-0.39, 0.29) is 22.7 Å². The van der Waals surface area contributed by atoms with E-state index >= 15 is 0 Å². The van der Waals surface area contributed by atoms with Crippen LogP contribution >= 0.6 is 0 Å². The molecule has 7 nitrogen and oxygen atoms in total.